The predicted molar refractivity (Wildman–Crippen MR) is 75.8 cm³/mol. The van der Waals surface area contributed by atoms with Crippen LogP contribution < -0.4 is 0 Å². The van der Waals surface area contributed by atoms with E-state index in [1.165, 1.54) is 18.2 Å². The number of halogens is 1. The van der Waals surface area contributed by atoms with E-state index in [0.717, 1.165) is 24.8 Å². The molecule has 21 heavy (non-hydrogen) atoms. The van der Waals surface area contributed by atoms with Gasteiger partial charge in [0.05, 0.1) is 0 Å². The number of carbonyl (C=O) groups excluding carboxylic acids is 1. The molecule has 3 nitrogen and oxygen atoms in total. The first-order valence-corrected chi connectivity index (χ1v) is 7.59. The zero-order valence-electron chi connectivity index (χ0n) is 11.7. The third-order valence-corrected chi connectivity index (χ3v) is 5.39. The van der Waals surface area contributed by atoms with Crippen molar-refractivity contribution in [3.8, 4) is 0 Å². The molecule has 1 aromatic carbocycles. The molecule has 110 valence electrons. The summed E-state index contributed by atoms with van der Waals surface area (Å²) in [5, 5.41) is 10.2. The molecule has 2 aliphatic carbocycles. The van der Waals surface area contributed by atoms with Crippen LogP contribution in [0.2, 0.25) is 0 Å². The van der Waals surface area contributed by atoms with Crippen LogP contribution in [-0.4, -0.2) is 22.0 Å². The number of amides is 1. The van der Waals surface area contributed by atoms with Gasteiger partial charge in [-0.15, -0.1) is 0 Å². The van der Waals surface area contributed by atoms with Crippen LogP contribution in [0.5, 0.6) is 0 Å². The fourth-order valence-electron chi connectivity index (χ4n) is 4.55. The van der Waals surface area contributed by atoms with Crippen molar-refractivity contribution in [2.24, 2.45) is 17.8 Å². The summed E-state index contributed by atoms with van der Waals surface area (Å²) in [6.07, 6.45) is 4.79. The maximum absolute atomic E-state index is 13.0. The van der Waals surface area contributed by atoms with Crippen LogP contribution in [0.3, 0.4) is 0 Å². The summed E-state index contributed by atoms with van der Waals surface area (Å²) in [4.78, 5) is 14.2. The van der Waals surface area contributed by atoms with Crippen LogP contribution in [0.15, 0.2) is 36.1 Å². The number of fused-ring (bicyclic) bond motifs is 5. The third-order valence-electron chi connectivity index (χ3n) is 5.39. The Morgan fingerprint density at radius 3 is 2.67 bits per heavy atom. The Morgan fingerprint density at radius 2 is 1.90 bits per heavy atom. The largest absolute Gasteiger partial charge is 0.512 e. The van der Waals surface area contributed by atoms with Crippen molar-refractivity contribution in [1.29, 1.82) is 0 Å². The van der Waals surface area contributed by atoms with E-state index in [1.807, 2.05) is 4.90 Å². The van der Waals surface area contributed by atoms with Crippen LogP contribution in [0, 0.1) is 23.6 Å². The fraction of sp³-hybridized carbons (Fsp3) is 0.471. The van der Waals surface area contributed by atoms with E-state index in [2.05, 4.69) is 0 Å². The smallest absolute Gasteiger partial charge is 0.250 e. The van der Waals surface area contributed by atoms with Gasteiger partial charge in [0.25, 0.3) is 5.91 Å². The minimum atomic E-state index is -0.265. The van der Waals surface area contributed by atoms with Gasteiger partial charge in [-0.1, -0.05) is 12.1 Å². The maximum atomic E-state index is 13.0. The van der Waals surface area contributed by atoms with E-state index in [1.54, 1.807) is 12.1 Å². The zero-order valence-corrected chi connectivity index (χ0v) is 11.7. The lowest BCUT2D eigenvalue weighted by Crippen LogP contribution is -2.50. The van der Waals surface area contributed by atoms with Crippen LogP contribution in [-0.2, 0) is 11.3 Å². The van der Waals surface area contributed by atoms with E-state index in [0.29, 0.717) is 18.4 Å². The summed E-state index contributed by atoms with van der Waals surface area (Å²) < 4.78 is 13.0. The summed E-state index contributed by atoms with van der Waals surface area (Å²) in [7, 11) is 0. The van der Waals surface area contributed by atoms with Gasteiger partial charge in [-0.25, -0.2) is 4.39 Å². The molecule has 1 aliphatic heterocycles. The first-order valence-electron chi connectivity index (χ1n) is 7.59. The van der Waals surface area contributed by atoms with E-state index >= 15 is 0 Å². The van der Waals surface area contributed by atoms with Gasteiger partial charge < -0.3 is 10.0 Å². The summed E-state index contributed by atoms with van der Waals surface area (Å²) in [5.41, 5.74) is 0.932. The lowest BCUT2D eigenvalue weighted by molar-refractivity contribution is -0.133. The highest BCUT2D eigenvalue weighted by Crippen LogP contribution is 2.54. The molecule has 4 rings (SSSR count). The summed E-state index contributed by atoms with van der Waals surface area (Å²) in [5.74, 6) is 1.01. The maximum Gasteiger partial charge on any atom is 0.250 e. The third kappa shape index (κ3) is 1.96. The van der Waals surface area contributed by atoms with Gasteiger partial charge in [0.15, 0.2) is 0 Å². The first-order chi connectivity index (χ1) is 10.1. The highest BCUT2D eigenvalue weighted by Gasteiger charge is 2.54. The van der Waals surface area contributed by atoms with Crippen molar-refractivity contribution in [3.63, 3.8) is 0 Å². The average molecular weight is 287 g/mol. The Kier molecular flexibility index (Phi) is 2.81. The lowest BCUT2D eigenvalue weighted by Gasteiger charge is -2.42. The molecule has 4 heteroatoms. The summed E-state index contributed by atoms with van der Waals surface area (Å²) in [6, 6.07) is 6.42. The van der Waals surface area contributed by atoms with E-state index in [9.17, 15) is 14.3 Å². The molecule has 0 radical (unpaired) electrons. The molecule has 2 saturated carbocycles. The van der Waals surface area contributed by atoms with Crippen molar-refractivity contribution in [2.75, 3.05) is 0 Å². The van der Waals surface area contributed by atoms with E-state index in [-0.39, 0.29) is 29.4 Å². The zero-order chi connectivity index (χ0) is 14.6. The van der Waals surface area contributed by atoms with Gasteiger partial charge in [0, 0.05) is 24.6 Å². The molecular weight excluding hydrogens is 269 g/mol. The molecule has 3 aliphatic rings. The first kappa shape index (κ1) is 12.9. The number of aliphatic hydroxyl groups excluding tert-OH is 1. The van der Waals surface area contributed by atoms with Gasteiger partial charge in [-0.3, -0.25) is 4.79 Å². The van der Waals surface area contributed by atoms with Crippen molar-refractivity contribution < 1.29 is 14.3 Å². The minimum absolute atomic E-state index is 0.113. The molecule has 0 saturated heterocycles. The molecule has 1 unspecified atom stereocenters. The average Bonchev–Trinajstić information content (AvgIpc) is 3.06. The second-order valence-electron chi connectivity index (χ2n) is 6.51. The topological polar surface area (TPSA) is 40.5 Å². The van der Waals surface area contributed by atoms with Gasteiger partial charge in [-0.2, -0.15) is 0 Å². The molecule has 1 aromatic rings. The van der Waals surface area contributed by atoms with Crippen LogP contribution in [0.25, 0.3) is 0 Å². The Bertz CT molecular complexity index is 610. The Morgan fingerprint density at radius 1 is 1.19 bits per heavy atom. The number of aliphatic hydroxyl groups is 1. The molecule has 2 fully saturated rings. The molecule has 1 heterocycles. The van der Waals surface area contributed by atoms with Crippen LogP contribution >= 0.6 is 0 Å². The van der Waals surface area contributed by atoms with Crippen molar-refractivity contribution in [1.82, 2.24) is 4.90 Å². The molecule has 1 N–H and O–H groups in total. The molecule has 1 amide bonds. The van der Waals surface area contributed by atoms with Crippen molar-refractivity contribution >= 4 is 5.91 Å². The second kappa shape index (κ2) is 4.58. The minimum Gasteiger partial charge on any atom is -0.512 e. The van der Waals surface area contributed by atoms with Crippen molar-refractivity contribution in [2.45, 2.75) is 31.8 Å². The standard InChI is InChI=1S/C17H18FNO2/c18-13-5-1-10(2-6-13)9-19-15(21)8-14(20)16-11-3-4-12(7-11)17(16)19/h1-2,5-6,8,11-12,16-17,20H,3-4,7,9H2/t11?,12-,16+,17+/m1/s1. The van der Waals surface area contributed by atoms with E-state index < -0.39 is 0 Å². The van der Waals surface area contributed by atoms with Gasteiger partial charge in [0.2, 0.25) is 0 Å². The Balaban J connectivity index is 1.64. The number of hydrogen-bond acceptors (Lipinski definition) is 2. The Labute approximate surface area is 123 Å². The molecule has 2 bridgehead atoms. The number of hydrogen-bond donors (Lipinski definition) is 1. The molecular formula is C17H18FNO2. The Hall–Kier alpha value is -1.84. The number of carbonyl (C=O) groups is 1. The number of nitrogens with zero attached hydrogens (tertiary/aromatic N) is 1. The number of benzene rings is 1. The quantitative estimate of drug-likeness (QED) is 0.908. The van der Waals surface area contributed by atoms with Gasteiger partial charge in [0.1, 0.15) is 11.6 Å². The highest BCUT2D eigenvalue weighted by molar-refractivity contribution is 5.89. The fourth-order valence-corrected chi connectivity index (χ4v) is 4.55. The van der Waals surface area contributed by atoms with Crippen molar-refractivity contribution in [3.05, 3.63) is 47.5 Å². The van der Waals surface area contributed by atoms with Gasteiger partial charge >= 0.3 is 0 Å². The predicted octanol–water partition coefficient (Wildman–Crippen LogP) is 3.02. The van der Waals surface area contributed by atoms with E-state index in [4.69, 9.17) is 0 Å². The SMILES string of the molecule is O=C1C=C(O)[C@@H]2C3CC[C@H](C3)[C@@H]2N1Cc1ccc(F)cc1. The molecule has 0 spiro atoms. The summed E-state index contributed by atoms with van der Waals surface area (Å²) >= 11 is 0. The van der Waals surface area contributed by atoms with Crippen LogP contribution in [0.4, 0.5) is 4.39 Å². The summed E-state index contributed by atoms with van der Waals surface area (Å²) in [6.45, 7) is 0.493. The highest BCUT2D eigenvalue weighted by atomic mass is 19.1. The second-order valence-corrected chi connectivity index (χ2v) is 6.51. The van der Waals surface area contributed by atoms with Crippen LogP contribution in [0.1, 0.15) is 24.8 Å². The molecule has 0 aromatic heterocycles. The monoisotopic (exact) mass is 287 g/mol. The normalized spacial score (nSPS) is 34.0. The number of rotatable bonds is 2. The lowest BCUT2D eigenvalue weighted by atomic mass is 9.80. The van der Waals surface area contributed by atoms with Gasteiger partial charge in [-0.05, 0) is 48.8 Å². The molecule has 4 atom stereocenters.